The van der Waals surface area contributed by atoms with E-state index in [0.29, 0.717) is 4.31 Å². The number of hydrogen-bond acceptors (Lipinski definition) is 5. The highest BCUT2D eigenvalue weighted by molar-refractivity contribution is 7.92. The number of carbonyl (C=O) groups is 1. The molecular formula is C28H22F6N2O5S. The molecule has 0 spiro atoms. The predicted octanol–water partition coefficient (Wildman–Crippen LogP) is 7.37. The lowest BCUT2D eigenvalue weighted by atomic mass is 9.97. The number of aromatic nitrogens is 1. The first-order valence-corrected chi connectivity index (χ1v) is 13.6. The Morgan fingerprint density at radius 1 is 0.976 bits per heavy atom. The van der Waals surface area contributed by atoms with E-state index in [4.69, 9.17) is 0 Å². The highest BCUT2D eigenvalue weighted by atomic mass is 32.2. The van der Waals surface area contributed by atoms with Crippen LogP contribution in [0, 0.1) is 0 Å². The van der Waals surface area contributed by atoms with E-state index in [-0.39, 0.29) is 27.5 Å². The van der Waals surface area contributed by atoms with E-state index in [2.05, 4.69) is 9.72 Å². The number of sulfonamides is 1. The van der Waals surface area contributed by atoms with E-state index in [0.717, 1.165) is 54.7 Å². The molecule has 0 radical (unpaired) electrons. The zero-order chi connectivity index (χ0) is 31.0. The third-order valence-corrected chi connectivity index (χ3v) is 7.98. The average molecular weight is 613 g/mol. The lowest BCUT2D eigenvalue weighted by molar-refractivity contribution is -0.274. The van der Waals surface area contributed by atoms with Crippen molar-refractivity contribution in [2.45, 2.75) is 43.7 Å². The number of alkyl halides is 6. The normalized spacial score (nSPS) is 12.5. The molecule has 42 heavy (non-hydrogen) atoms. The third-order valence-electron chi connectivity index (χ3n) is 6.25. The molecule has 0 unspecified atom stereocenters. The van der Waals surface area contributed by atoms with Gasteiger partial charge in [-0.15, -0.1) is 13.2 Å². The first-order chi connectivity index (χ1) is 19.5. The van der Waals surface area contributed by atoms with Crippen LogP contribution in [0.15, 0.2) is 77.8 Å². The maximum absolute atomic E-state index is 14.5. The molecule has 0 fully saturated rings. The zero-order valence-electron chi connectivity index (χ0n) is 21.9. The molecule has 0 saturated carbocycles. The highest BCUT2D eigenvalue weighted by Crippen LogP contribution is 2.42. The van der Waals surface area contributed by atoms with Crippen LogP contribution >= 0.6 is 0 Å². The molecule has 14 heteroatoms. The quantitative estimate of drug-likeness (QED) is 0.209. The predicted molar refractivity (Wildman–Crippen MR) is 141 cm³/mol. The molecule has 0 saturated heterocycles. The maximum Gasteiger partial charge on any atom is 0.573 e. The molecule has 0 aliphatic heterocycles. The minimum absolute atomic E-state index is 0.0161. The van der Waals surface area contributed by atoms with E-state index in [1.807, 2.05) is 0 Å². The van der Waals surface area contributed by atoms with Gasteiger partial charge in [-0.3, -0.25) is 0 Å². The fraction of sp³-hybridized carbons (Fsp3) is 0.214. The summed E-state index contributed by atoms with van der Waals surface area (Å²) in [6.45, 7) is 2.47. The average Bonchev–Trinajstić information content (AvgIpc) is 2.90. The Kier molecular flexibility index (Phi) is 8.13. The van der Waals surface area contributed by atoms with E-state index in [9.17, 15) is 44.7 Å². The summed E-state index contributed by atoms with van der Waals surface area (Å²) in [6, 6.07) is 12.4. The van der Waals surface area contributed by atoms with Crippen LogP contribution in [0.25, 0.3) is 10.8 Å². The topological polar surface area (TPSA) is 96.8 Å². The second kappa shape index (κ2) is 11.2. The summed E-state index contributed by atoms with van der Waals surface area (Å²) in [6.07, 6.45) is -8.99. The zero-order valence-corrected chi connectivity index (χ0v) is 22.7. The number of rotatable bonds is 8. The van der Waals surface area contributed by atoms with Crippen molar-refractivity contribution in [3.05, 3.63) is 95.2 Å². The van der Waals surface area contributed by atoms with Crippen molar-refractivity contribution in [3.8, 4) is 5.75 Å². The van der Waals surface area contributed by atoms with Crippen molar-refractivity contribution in [2.75, 3.05) is 4.31 Å². The van der Waals surface area contributed by atoms with Crippen LogP contribution in [0.4, 0.5) is 32.2 Å². The van der Waals surface area contributed by atoms with E-state index < -0.39 is 63.0 Å². The van der Waals surface area contributed by atoms with Gasteiger partial charge in [0, 0.05) is 11.6 Å². The minimum atomic E-state index is -5.07. The lowest BCUT2D eigenvalue weighted by Crippen LogP contribution is -2.33. The Morgan fingerprint density at radius 2 is 1.62 bits per heavy atom. The summed E-state index contributed by atoms with van der Waals surface area (Å²) in [5.74, 6) is -3.38. The molecule has 1 aromatic heterocycles. The Labute approximate surface area is 236 Å². The van der Waals surface area contributed by atoms with Gasteiger partial charge in [0.1, 0.15) is 11.3 Å². The van der Waals surface area contributed by atoms with Gasteiger partial charge in [-0.25, -0.2) is 22.5 Å². The molecule has 4 rings (SSSR count). The Balaban J connectivity index is 1.94. The fourth-order valence-electron chi connectivity index (χ4n) is 4.36. The molecule has 0 aliphatic rings. The van der Waals surface area contributed by atoms with Crippen LogP contribution in [0.2, 0.25) is 0 Å². The number of carboxylic acid groups (broad SMARTS) is 1. The largest absolute Gasteiger partial charge is 0.573 e. The van der Waals surface area contributed by atoms with Crippen molar-refractivity contribution in [3.63, 3.8) is 0 Å². The number of pyridine rings is 1. The maximum atomic E-state index is 14.5. The van der Waals surface area contributed by atoms with Crippen LogP contribution in [-0.4, -0.2) is 30.8 Å². The van der Waals surface area contributed by atoms with E-state index in [1.54, 1.807) is 13.8 Å². The van der Waals surface area contributed by atoms with Crippen molar-refractivity contribution in [2.24, 2.45) is 0 Å². The number of fused-ring (bicyclic) bond motifs is 1. The monoisotopic (exact) mass is 612 g/mol. The van der Waals surface area contributed by atoms with Gasteiger partial charge in [-0.2, -0.15) is 13.2 Å². The van der Waals surface area contributed by atoms with Crippen molar-refractivity contribution >= 4 is 32.6 Å². The molecule has 0 atom stereocenters. The van der Waals surface area contributed by atoms with Gasteiger partial charge in [0.05, 0.1) is 17.0 Å². The van der Waals surface area contributed by atoms with Crippen molar-refractivity contribution in [1.29, 1.82) is 0 Å². The summed E-state index contributed by atoms with van der Waals surface area (Å²) in [5, 5.41) is 9.30. The molecule has 7 nitrogen and oxygen atoms in total. The molecule has 0 bridgehead atoms. The number of nitrogens with zero attached hydrogens (tertiary/aromatic N) is 2. The van der Waals surface area contributed by atoms with E-state index >= 15 is 0 Å². The summed E-state index contributed by atoms with van der Waals surface area (Å²) in [7, 11) is -4.87. The van der Waals surface area contributed by atoms with Gasteiger partial charge in [0.2, 0.25) is 0 Å². The van der Waals surface area contributed by atoms with Crippen LogP contribution in [0.3, 0.4) is 0 Å². The number of carboxylic acids is 1. The molecule has 0 amide bonds. The van der Waals surface area contributed by atoms with Gasteiger partial charge in [-0.05, 0) is 52.8 Å². The molecule has 4 aromatic rings. The van der Waals surface area contributed by atoms with Crippen LogP contribution in [0.5, 0.6) is 5.75 Å². The number of halogens is 6. The smallest absolute Gasteiger partial charge is 0.478 e. The molecular weight excluding hydrogens is 590 g/mol. The summed E-state index contributed by atoms with van der Waals surface area (Å²) < 4.78 is 114. The summed E-state index contributed by atoms with van der Waals surface area (Å²) in [4.78, 5) is 15.1. The van der Waals surface area contributed by atoms with Crippen LogP contribution in [0.1, 0.15) is 46.8 Å². The second-order valence-electron chi connectivity index (χ2n) is 9.45. The SMILES string of the molecule is CC(C)c1cc(S(=O)(=O)N(Cc2ccc(OC(F)(F)F)cc2)c2ncc3ccccc3c2C(F)(F)F)ccc1C(=O)O. The Morgan fingerprint density at radius 3 is 2.19 bits per heavy atom. The van der Waals surface area contributed by atoms with Crippen LogP contribution in [-0.2, 0) is 22.7 Å². The molecule has 1 heterocycles. The Bertz CT molecular complexity index is 1740. The van der Waals surface area contributed by atoms with Gasteiger partial charge < -0.3 is 9.84 Å². The van der Waals surface area contributed by atoms with Gasteiger partial charge in [0.25, 0.3) is 10.0 Å². The number of benzene rings is 3. The molecule has 3 aromatic carbocycles. The fourth-order valence-corrected chi connectivity index (χ4v) is 5.81. The summed E-state index contributed by atoms with van der Waals surface area (Å²) >= 11 is 0. The standard InChI is InChI=1S/C28H22F6N2O5S/c1-16(2)23-13-20(11-12-22(23)26(37)38)42(39,40)36(15-17-7-9-19(10-8-17)41-28(32,33)34)25-24(27(29,30)31)21-6-4-3-5-18(21)14-35-25/h3-14,16H,15H2,1-2H3,(H,37,38). The second-order valence-corrected chi connectivity index (χ2v) is 11.3. The Hall–Kier alpha value is -4.33. The number of ether oxygens (including phenoxy) is 1. The number of anilines is 1. The van der Waals surface area contributed by atoms with Gasteiger partial charge in [0.15, 0.2) is 5.82 Å². The van der Waals surface area contributed by atoms with Gasteiger partial charge in [-0.1, -0.05) is 50.2 Å². The third kappa shape index (κ3) is 6.43. The lowest BCUT2D eigenvalue weighted by Gasteiger charge is -2.27. The highest BCUT2D eigenvalue weighted by Gasteiger charge is 2.41. The van der Waals surface area contributed by atoms with E-state index in [1.165, 1.54) is 18.2 Å². The van der Waals surface area contributed by atoms with Crippen LogP contribution < -0.4 is 9.04 Å². The molecule has 222 valence electrons. The molecule has 0 aliphatic carbocycles. The number of hydrogen-bond donors (Lipinski definition) is 1. The van der Waals surface area contributed by atoms with Crippen molar-refractivity contribution < 1.29 is 49.4 Å². The van der Waals surface area contributed by atoms with Gasteiger partial charge >= 0.3 is 18.5 Å². The summed E-state index contributed by atoms with van der Waals surface area (Å²) in [5.41, 5.74) is -1.38. The molecule has 1 N–H and O–H groups in total. The van der Waals surface area contributed by atoms with Crippen molar-refractivity contribution in [1.82, 2.24) is 4.98 Å². The minimum Gasteiger partial charge on any atom is -0.478 e. The number of aromatic carboxylic acids is 1. The first-order valence-electron chi connectivity index (χ1n) is 12.2. The first kappa shape index (κ1) is 30.6.